The second-order valence-electron chi connectivity index (χ2n) is 3.54. The molecule has 16 heavy (non-hydrogen) atoms. The van der Waals surface area contributed by atoms with E-state index < -0.39 is 5.91 Å². The molecule has 0 bridgehead atoms. The number of benzene rings is 1. The lowest BCUT2D eigenvalue weighted by atomic mass is 10.3. The standard InChI is InChI=1S/C11H14N2O2S/c12-10(14)7-15-11-5-6-13-8-3-1-2-4-9(8)16-11/h1-4,11,13H,5-7H2,(H2,12,14). The Morgan fingerprint density at radius 1 is 1.56 bits per heavy atom. The molecule has 1 heterocycles. The summed E-state index contributed by atoms with van der Waals surface area (Å²) in [6.45, 7) is 0.827. The van der Waals surface area contributed by atoms with E-state index in [1.165, 1.54) is 0 Å². The van der Waals surface area contributed by atoms with Gasteiger partial charge in [0.15, 0.2) is 0 Å². The van der Waals surface area contributed by atoms with Gasteiger partial charge in [0, 0.05) is 23.5 Å². The first-order valence-corrected chi connectivity index (χ1v) is 6.03. The van der Waals surface area contributed by atoms with Crippen molar-refractivity contribution in [2.45, 2.75) is 16.8 Å². The average Bonchev–Trinajstić information content (AvgIpc) is 2.47. The van der Waals surface area contributed by atoms with Gasteiger partial charge in [0.25, 0.3) is 0 Å². The van der Waals surface area contributed by atoms with E-state index in [0.29, 0.717) is 0 Å². The van der Waals surface area contributed by atoms with Gasteiger partial charge in [-0.05, 0) is 12.1 Å². The zero-order chi connectivity index (χ0) is 11.4. The Kier molecular flexibility index (Phi) is 3.69. The molecule has 86 valence electrons. The summed E-state index contributed by atoms with van der Waals surface area (Å²) < 4.78 is 5.43. The van der Waals surface area contributed by atoms with E-state index >= 15 is 0 Å². The van der Waals surface area contributed by atoms with Crippen LogP contribution in [0, 0.1) is 0 Å². The minimum atomic E-state index is -0.425. The zero-order valence-electron chi connectivity index (χ0n) is 8.81. The molecular weight excluding hydrogens is 224 g/mol. The van der Waals surface area contributed by atoms with Crippen molar-refractivity contribution in [3.8, 4) is 0 Å². The van der Waals surface area contributed by atoms with E-state index in [2.05, 4.69) is 5.32 Å². The number of anilines is 1. The van der Waals surface area contributed by atoms with Crippen molar-refractivity contribution >= 4 is 23.4 Å². The number of carbonyl (C=O) groups is 1. The van der Waals surface area contributed by atoms with Crippen molar-refractivity contribution < 1.29 is 9.53 Å². The lowest BCUT2D eigenvalue weighted by Crippen LogP contribution is -2.22. The number of rotatable bonds is 3. The molecule has 3 N–H and O–H groups in total. The third-order valence-electron chi connectivity index (χ3n) is 2.25. The zero-order valence-corrected chi connectivity index (χ0v) is 9.63. The van der Waals surface area contributed by atoms with Gasteiger partial charge in [0.2, 0.25) is 5.91 Å². The normalized spacial score (nSPS) is 19.4. The molecule has 0 radical (unpaired) electrons. The fourth-order valence-electron chi connectivity index (χ4n) is 1.53. The van der Waals surface area contributed by atoms with Gasteiger partial charge in [-0.15, -0.1) is 0 Å². The molecule has 4 nitrogen and oxygen atoms in total. The lowest BCUT2D eigenvalue weighted by molar-refractivity contribution is -0.123. The number of primary amides is 1. The molecule has 0 aliphatic carbocycles. The molecule has 0 spiro atoms. The minimum absolute atomic E-state index is 0.0105. The Morgan fingerprint density at radius 3 is 3.19 bits per heavy atom. The quantitative estimate of drug-likeness (QED) is 0.836. The fraction of sp³-hybridized carbons (Fsp3) is 0.364. The maximum Gasteiger partial charge on any atom is 0.243 e. The molecule has 1 aromatic rings. The summed E-state index contributed by atoms with van der Waals surface area (Å²) in [4.78, 5) is 11.8. The van der Waals surface area contributed by atoms with E-state index in [1.807, 2.05) is 24.3 Å². The predicted molar refractivity (Wildman–Crippen MR) is 64.3 cm³/mol. The molecule has 0 fully saturated rings. The van der Waals surface area contributed by atoms with Gasteiger partial charge in [0.1, 0.15) is 12.0 Å². The molecule has 5 heteroatoms. The van der Waals surface area contributed by atoms with Crippen LogP contribution in [0.1, 0.15) is 6.42 Å². The Balaban J connectivity index is 2.02. The first-order chi connectivity index (χ1) is 7.75. The van der Waals surface area contributed by atoms with Gasteiger partial charge in [0.05, 0.1) is 0 Å². The lowest BCUT2D eigenvalue weighted by Gasteiger charge is -2.13. The van der Waals surface area contributed by atoms with Crippen molar-refractivity contribution in [1.82, 2.24) is 0 Å². The van der Waals surface area contributed by atoms with E-state index in [1.54, 1.807) is 11.8 Å². The second kappa shape index (κ2) is 5.23. The highest BCUT2D eigenvalue weighted by molar-refractivity contribution is 8.00. The Labute approximate surface area is 98.5 Å². The number of nitrogens with two attached hydrogens (primary N) is 1. The first-order valence-electron chi connectivity index (χ1n) is 5.15. The molecule has 1 aromatic carbocycles. The van der Waals surface area contributed by atoms with E-state index in [9.17, 15) is 4.79 Å². The number of hydrogen-bond donors (Lipinski definition) is 2. The maximum atomic E-state index is 10.6. The SMILES string of the molecule is NC(=O)COC1CCNc2ccccc2S1. The van der Waals surface area contributed by atoms with Gasteiger partial charge >= 0.3 is 0 Å². The molecule has 1 unspecified atom stereocenters. The van der Waals surface area contributed by atoms with Gasteiger partial charge in [-0.25, -0.2) is 0 Å². The summed E-state index contributed by atoms with van der Waals surface area (Å²) in [5.41, 5.74) is 6.17. The number of ether oxygens (including phenoxy) is 1. The number of thioether (sulfide) groups is 1. The Bertz CT molecular complexity index is 384. The van der Waals surface area contributed by atoms with Crippen molar-refractivity contribution in [1.29, 1.82) is 0 Å². The summed E-state index contributed by atoms with van der Waals surface area (Å²) in [5, 5.41) is 3.33. The summed E-state index contributed by atoms with van der Waals surface area (Å²) in [7, 11) is 0. The van der Waals surface area contributed by atoms with Gasteiger partial charge in [-0.2, -0.15) is 0 Å². The summed E-state index contributed by atoms with van der Waals surface area (Å²) in [5.74, 6) is -0.425. The van der Waals surface area contributed by atoms with Crippen LogP contribution >= 0.6 is 11.8 Å². The molecule has 0 aromatic heterocycles. The van der Waals surface area contributed by atoms with Crippen LogP contribution in [0.3, 0.4) is 0 Å². The third-order valence-corrected chi connectivity index (χ3v) is 3.50. The molecule has 0 saturated carbocycles. The van der Waals surface area contributed by atoms with Crippen LogP contribution in [-0.2, 0) is 9.53 Å². The summed E-state index contributed by atoms with van der Waals surface area (Å²) in [6, 6.07) is 8.07. The van der Waals surface area contributed by atoms with Crippen LogP contribution in [0.2, 0.25) is 0 Å². The largest absolute Gasteiger partial charge is 0.384 e. The maximum absolute atomic E-state index is 10.6. The van der Waals surface area contributed by atoms with Crippen LogP contribution in [0.5, 0.6) is 0 Å². The average molecular weight is 238 g/mol. The Morgan fingerprint density at radius 2 is 2.38 bits per heavy atom. The third kappa shape index (κ3) is 2.90. The van der Waals surface area contributed by atoms with Crippen LogP contribution in [-0.4, -0.2) is 24.5 Å². The molecule has 1 aliphatic rings. The van der Waals surface area contributed by atoms with Gasteiger partial charge in [-0.3, -0.25) is 4.79 Å². The van der Waals surface area contributed by atoms with Crippen LogP contribution in [0.25, 0.3) is 0 Å². The number of fused-ring (bicyclic) bond motifs is 1. The van der Waals surface area contributed by atoms with E-state index in [0.717, 1.165) is 23.5 Å². The van der Waals surface area contributed by atoms with Crippen molar-refractivity contribution in [2.75, 3.05) is 18.5 Å². The monoisotopic (exact) mass is 238 g/mol. The van der Waals surface area contributed by atoms with Gasteiger partial charge in [-0.1, -0.05) is 23.9 Å². The molecule has 2 rings (SSSR count). The van der Waals surface area contributed by atoms with Crippen LogP contribution in [0.15, 0.2) is 29.2 Å². The topological polar surface area (TPSA) is 64.4 Å². The molecule has 1 aliphatic heterocycles. The smallest absolute Gasteiger partial charge is 0.243 e. The first kappa shape index (κ1) is 11.3. The second-order valence-corrected chi connectivity index (χ2v) is 4.74. The van der Waals surface area contributed by atoms with Crippen LogP contribution < -0.4 is 11.1 Å². The molecular formula is C11H14N2O2S. The molecule has 1 amide bonds. The number of nitrogens with one attached hydrogen (secondary N) is 1. The summed E-state index contributed by atoms with van der Waals surface area (Å²) >= 11 is 1.63. The number of amides is 1. The Hall–Kier alpha value is -1.20. The van der Waals surface area contributed by atoms with E-state index in [4.69, 9.17) is 10.5 Å². The summed E-state index contributed by atoms with van der Waals surface area (Å²) in [6.07, 6.45) is 0.854. The predicted octanol–water partition coefficient (Wildman–Crippen LogP) is 1.42. The van der Waals surface area contributed by atoms with Crippen molar-refractivity contribution in [3.05, 3.63) is 24.3 Å². The molecule has 1 atom stereocenters. The number of hydrogen-bond acceptors (Lipinski definition) is 4. The van der Waals surface area contributed by atoms with Gasteiger partial charge < -0.3 is 15.8 Å². The van der Waals surface area contributed by atoms with Crippen LogP contribution in [0.4, 0.5) is 5.69 Å². The van der Waals surface area contributed by atoms with Crippen molar-refractivity contribution in [3.63, 3.8) is 0 Å². The van der Waals surface area contributed by atoms with Crippen molar-refractivity contribution in [2.24, 2.45) is 5.73 Å². The number of para-hydroxylation sites is 1. The highest BCUT2D eigenvalue weighted by atomic mass is 32.2. The highest BCUT2D eigenvalue weighted by Crippen LogP contribution is 2.34. The minimum Gasteiger partial charge on any atom is -0.384 e. The highest BCUT2D eigenvalue weighted by Gasteiger charge is 2.17. The number of carbonyl (C=O) groups excluding carboxylic acids is 1. The molecule has 0 saturated heterocycles. The fourth-order valence-corrected chi connectivity index (χ4v) is 2.61. The van der Waals surface area contributed by atoms with E-state index in [-0.39, 0.29) is 12.0 Å².